The van der Waals surface area contributed by atoms with E-state index in [2.05, 4.69) is 39.4 Å². The van der Waals surface area contributed by atoms with Crippen LogP contribution in [0.2, 0.25) is 0 Å². The number of nitrogens with zero attached hydrogens (tertiary/aromatic N) is 8. The third-order valence-electron chi connectivity index (χ3n) is 8.09. The number of pyridine rings is 1. The molecule has 0 bridgehead atoms. The first kappa shape index (κ1) is 26.6. The molecule has 1 N–H and O–H groups in total. The van der Waals surface area contributed by atoms with Crippen molar-refractivity contribution in [3.8, 4) is 11.4 Å². The smallest absolute Gasteiger partial charge is 0.222 e. The average Bonchev–Trinajstić information content (AvgIpc) is 3.66. The Morgan fingerprint density at radius 3 is 2.26 bits per heavy atom. The summed E-state index contributed by atoms with van der Waals surface area (Å²) < 4.78 is 13.0. The van der Waals surface area contributed by atoms with E-state index < -0.39 is 0 Å². The van der Waals surface area contributed by atoms with Crippen LogP contribution < -0.4 is 15.1 Å². The van der Waals surface area contributed by atoms with Gasteiger partial charge in [-0.05, 0) is 42.8 Å². The number of carbonyl (C=O) groups excluding carboxylic acids is 1. The van der Waals surface area contributed by atoms with Gasteiger partial charge in [0.25, 0.3) is 0 Å². The minimum atomic E-state index is 0.212. The van der Waals surface area contributed by atoms with E-state index in [1.165, 1.54) is 5.69 Å². The zero-order valence-corrected chi connectivity index (χ0v) is 23.6. The molecule has 3 aliphatic rings. The van der Waals surface area contributed by atoms with Gasteiger partial charge in [0, 0.05) is 75.4 Å². The highest BCUT2D eigenvalue weighted by Crippen LogP contribution is 2.28. The van der Waals surface area contributed by atoms with Gasteiger partial charge in [-0.2, -0.15) is 0 Å². The second-order valence-corrected chi connectivity index (χ2v) is 10.8. The maximum atomic E-state index is 12.2. The van der Waals surface area contributed by atoms with E-state index in [1.807, 2.05) is 27.8 Å². The molecule has 12 heteroatoms. The molecule has 0 unspecified atom stereocenters. The molecule has 0 aliphatic carbocycles. The fourth-order valence-corrected chi connectivity index (χ4v) is 5.70. The lowest BCUT2D eigenvalue weighted by atomic mass is 10.2. The summed E-state index contributed by atoms with van der Waals surface area (Å²) in [7, 11) is 0. The molecule has 0 spiro atoms. The van der Waals surface area contributed by atoms with E-state index in [-0.39, 0.29) is 5.91 Å². The third kappa shape index (κ3) is 5.59. The van der Waals surface area contributed by atoms with Crippen molar-refractivity contribution in [2.24, 2.45) is 0 Å². The lowest BCUT2D eigenvalue weighted by molar-refractivity contribution is -0.127. The topological polar surface area (TPSA) is 114 Å². The SMILES string of the molecule is O=C1CCCN1CCn1cnc2c(Nc3ccc(N4CCOCC4)cc3)nc(-c3ccc(N4CCOCC4)nc3)nc21. The van der Waals surface area contributed by atoms with Gasteiger partial charge in [-0.1, -0.05) is 0 Å². The van der Waals surface area contributed by atoms with Crippen molar-refractivity contribution < 1.29 is 14.3 Å². The fourth-order valence-electron chi connectivity index (χ4n) is 5.70. The van der Waals surface area contributed by atoms with Gasteiger partial charge < -0.3 is 34.1 Å². The minimum absolute atomic E-state index is 0.212. The van der Waals surface area contributed by atoms with Crippen molar-refractivity contribution >= 4 is 40.1 Å². The Hall–Kier alpha value is -4.29. The van der Waals surface area contributed by atoms with Crippen molar-refractivity contribution in [2.75, 3.05) is 80.8 Å². The van der Waals surface area contributed by atoms with E-state index in [0.717, 1.165) is 75.1 Å². The zero-order valence-electron chi connectivity index (χ0n) is 23.6. The maximum Gasteiger partial charge on any atom is 0.222 e. The van der Waals surface area contributed by atoms with Crippen LogP contribution in [0.4, 0.5) is 23.0 Å². The van der Waals surface area contributed by atoms with Crippen molar-refractivity contribution in [2.45, 2.75) is 19.4 Å². The molecule has 0 atom stereocenters. The van der Waals surface area contributed by atoms with Gasteiger partial charge in [0.2, 0.25) is 5.91 Å². The van der Waals surface area contributed by atoms with E-state index in [4.69, 9.17) is 29.4 Å². The van der Waals surface area contributed by atoms with E-state index in [9.17, 15) is 4.79 Å². The van der Waals surface area contributed by atoms with Crippen molar-refractivity contribution in [3.63, 3.8) is 0 Å². The summed E-state index contributed by atoms with van der Waals surface area (Å²) in [4.78, 5) is 37.9. The second kappa shape index (κ2) is 11.9. The number of likely N-dealkylation sites (tertiary alicyclic amines) is 1. The van der Waals surface area contributed by atoms with E-state index >= 15 is 0 Å². The zero-order chi connectivity index (χ0) is 28.3. The predicted molar refractivity (Wildman–Crippen MR) is 160 cm³/mol. The number of benzene rings is 1. The summed E-state index contributed by atoms with van der Waals surface area (Å²) in [5.74, 6) is 2.32. The van der Waals surface area contributed by atoms with Gasteiger partial charge >= 0.3 is 0 Å². The number of anilines is 4. The number of carbonyl (C=O) groups is 1. The first-order valence-electron chi connectivity index (χ1n) is 14.7. The Morgan fingerprint density at radius 1 is 0.810 bits per heavy atom. The molecule has 1 amide bonds. The maximum absolute atomic E-state index is 12.2. The number of hydrogen-bond acceptors (Lipinski definition) is 10. The lowest BCUT2D eigenvalue weighted by Crippen LogP contribution is -2.36. The Bertz CT molecular complexity index is 1530. The number of ether oxygens (including phenoxy) is 2. The number of nitrogens with one attached hydrogen (secondary N) is 1. The number of fused-ring (bicyclic) bond motifs is 1. The standard InChI is InChI=1S/C30H35N9O3/c40-26-2-1-9-38(26)10-11-39-21-32-27-29(33-23-4-6-24(7-5-23)36-12-16-41-17-13-36)34-28(35-30(27)39)22-3-8-25(31-20-22)37-14-18-42-19-15-37/h3-8,20-21H,1-2,9-19H2,(H,33,34,35). The number of rotatable bonds is 8. The monoisotopic (exact) mass is 569 g/mol. The molecule has 218 valence electrons. The van der Waals surface area contributed by atoms with Crippen LogP contribution in [-0.2, 0) is 20.8 Å². The van der Waals surface area contributed by atoms with Crippen molar-refractivity contribution in [3.05, 3.63) is 48.9 Å². The molecule has 3 saturated heterocycles. The van der Waals surface area contributed by atoms with E-state index in [1.54, 1.807) is 6.33 Å². The molecule has 1 aromatic carbocycles. The van der Waals surface area contributed by atoms with Gasteiger partial charge in [0.05, 0.1) is 32.8 Å². The summed E-state index contributed by atoms with van der Waals surface area (Å²) in [6.07, 6.45) is 5.16. The molecule has 3 aromatic heterocycles. The highest BCUT2D eigenvalue weighted by Gasteiger charge is 2.21. The largest absolute Gasteiger partial charge is 0.378 e. The molecule has 7 rings (SSSR count). The summed E-state index contributed by atoms with van der Waals surface area (Å²) >= 11 is 0. The van der Waals surface area contributed by atoms with E-state index in [0.29, 0.717) is 49.9 Å². The van der Waals surface area contributed by atoms with Crippen LogP contribution >= 0.6 is 0 Å². The highest BCUT2D eigenvalue weighted by atomic mass is 16.5. The van der Waals surface area contributed by atoms with Gasteiger partial charge in [-0.25, -0.2) is 19.9 Å². The molecule has 4 aromatic rings. The molecule has 3 aliphatic heterocycles. The number of morpholine rings is 2. The van der Waals surface area contributed by atoms with Gasteiger partial charge in [0.1, 0.15) is 5.82 Å². The minimum Gasteiger partial charge on any atom is -0.378 e. The summed E-state index contributed by atoms with van der Waals surface area (Å²) in [6.45, 7) is 8.39. The average molecular weight is 570 g/mol. The van der Waals surface area contributed by atoms with Crippen LogP contribution in [0.3, 0.4) is 0 Å². The summed E-state index contributed by atoms with van der Waals surface area (Å²) in [5, 5.41) is 3.49. The molecule has 42 heavy (non-hydrogen) atoms. The highest BCUT2D eigenvalue weighted by molar-refractivity contribution is 5.87. The summed E-state index contributed by atoms with van der Waals surface area (Å²) in [5.41, 5.74) is 4.31. The Labute approximate surface area is 244 Å². The molecule has 3 fully saturated rings. The van der Waals surface area contributed by atoms with Crippen molar-refractivity contribution in [1.82, 2.24) is 29.4 Å². The van der Waals surface area contributed by atoms with Crippen LogP contribution in [0.5, 0.6) is 0 Å². The molecular formula is C30H35N9O3. The second-order valence-electron chi connectivity index (χ2n) is 10.8. The molecule has 0 radical (unpaired) electrons. The Morgan fingerprint density at radius 2 is 1.57 bits per heavy atom. The summed E-state index contributed by atoms with van der Waals surface area (Å²) in [6, 6.07) is 12.4. The van der Waals surface area contributed by atoms with Crippen LogP contribution in [0.25, 0.3) is 22.6 Å². The molecule has 6 heterocycles. The first-order valence-corrected chi connectivity index (χ1v) is 14.7. The first-order chi connectivity index (χ1) is 20.7. The van der Waals surface area contributed by atoms with Gasteiger partial charge in [-0.15, -0.1) is 0 Å². The lowest BCUT2D eigenvalue weighted by Gasteiger charge is -2.28. The Balaban J connectivity index is 1.19. The van der Waals surface area contributed by atoms with Crippen LogP contribution in [0.1, 0.15) is 12.8 Å². The van der Waals surface area contributed by atoms with Gasteiger partial charge in [-0.3, -0.25) is 4.79 Å². The van der Waals surface area contributed by atoms with Crippen LogP contribution in [0, 0.1) is 0 Å². The van der Waals surface area contributed by atoms with Crippen molar-refractivity contribution in [1.29, 1.82) is 0 Å². The number of aromatic nitrogens is 5. The van der Waals surface area contributed by atoms with Crippen LogP contribution in [-0.4, -0.2) is 101 Å². The molecule has 0 saturated carbocycles. The number of hydrogen-bond donors (Lipinski definition) is 1. The van der Waals surface area contributed by atoms with Gasteiger partial charge in [0.15, 0.2) is 22.8 Å². The predicted octanol–water partition coefficient (Wildman–Crippen LogP) is 2.93. The van der Waals surface area contributed by atoms with Crippen LogP contribution in [0.15, 0.2) is 48.9 Å². The molecular weight excluding hydrogens is 534 g/mol. The third-order valence-corrected chi connectivity index (χ3v) is 8.09. The molecule has 12 nitrogen and oxygen atoms in total. The number of amides is 1. The fraction of sp³-hybridized carbons (Fsp3) is 0.433. The number of imidazole rings is 1. The Kier molecular flexibility index (Phi) is 7.54. The quantitative estimate of drug-likeness (QED) is 0.340. The normalized spacial score (nSPS) is 17.8.